The van der Waals surface area contributed by atoms with Crippen molar-refractivity contribution in [1.82, 2.24) is 15.1 Å². The predicted octanol–water partition coefficient (Wildman–Crippen LogP) is 17.3. The van der Waals surface area contributed by atoms with Crippen molar-refractivity contribution in [2.45, 2.75) is 54.1 Å². The summed E-state index contributed by atoms with van der Waals surface area (Å²) in [5.74, 6) is -3.35. The van der Waals surface area contributed by atoms with E-state index in [1.54, 1.807) is 77.7 Å². The molecule has 592 valence electrons. The number of hydrogen-bond acceptors (Lipinski definition) is 16. The smallest absolute Gasteiger partial charge is 0.380 e. The molecule has 2 saturated heterocycles. The average molecular weight is 1930 g/mol. The van der Waals surface area contributed by atoms with Crippen LogP contribution in [0.15, 0.2) is 255 Å². The van der Waals surface area contributed by atoms with E-state index in [0.29, 0.717) is 63.0 Å². The molecule has 3 N–H and O–H groups in total. The van der Waals surface area contributed by atoms with Crippen molar-refractivity contribution in [3.63, 3.8) is 0 Å². The molecule has 110 heavy (non-hydrogen) atoms. The number of piperazine rings is 2. The third-order valence-corrected chi connectivity index (χ3v) is 23.7. The van der Waals surface area contributed by atoms with Crippen LogP contribution in [-0.2, 0) is 61.9 Å². The van der Waals surface area contributed by atoms with Gasteiger partial charge in [0.05, 0.1) is 21.2 Å². The van der Waals surface area contributed by atoms with Crippen LogP contribution in [0.3, 0.4) is 0 Å². The molecule has 0 atom stereocenters. The second kappa shape index (κ2) is 39.7. The van der Waals surface area contributed by atoms with E-state index < -0.39 is 107 Å². The maximum Gasteiger partial charge on any atom is 0.502 e. The second-order valence-electron chi connectivity index (χ2n) is 22.5. The van der Waals surface area contributed by atoms with Gasteiger partial charge in [0.15, 0.2) is 0 Å². The topological polar surface area (TPSA) is 251 Å². The van der Waals surface area contributed by atoms with E-state index in [9.17, 15) is 108 Å². The molecule has 0 radical (unpaired) electrons. The molecule has 0 unspecified atom stereocenters. The molecule has 0 spiro atoms. The Labute approximate surface area is 661 Å². The van der Waals surface area contributed by atoms with E-state index in [-0.39, 0.29) is 40.8 Å². The summed E-state index contributed by atoms with van der Waals surface area (Å²) in [7, 11) is -20.6. The maximum atomic E-state index is 13.3. The summed E-state index contributed by atoms with van der Waals surface area (Å²) in [5, 5.41) is 8.83. The van der Waals surface area contributed by atoms with Gasteiger partial charge >= 0.3 is 26.7 Å². The zero-order valence-electron chi connectivity index (χ0n) is 55.9. The first-order valence-electron chi connectivity index (χ1n) is 31.1. The zero-order chi connectivity index (χ0) is 81.8. The number of halogens is 18. The highest BCUT2D eigenvalue weighted by atomic mass is 79.9. The Kier molecular flexibility index (Phi) is 32.9. The average Bonchev–Trinajstić information content (AvgIpc) is 0.780. The van der Waals surface area contributed by atoms with Crippen LogP contribution in [0.2, 0.25) is 0 Å². The van der Waals surface area contributed by atoms with Crippen molar-refractivity contribution < 1.29 is 108 Å². The first-order valence-corrected chi connectivity index (χ1v) is 42.4. The number of hydrogen-bond donors (Lipinski definition) is 3. The number of nitrogens with one attached hydrogen (secondary N) is 3. The minimum absolute atomic E-state index is 0.0814. The predicted molar refractivity (Wildman–Crippen MR) is 401 cm³/mol. The molecule has 11 rings (SSSR count). The monoisotopic (exact) mass is 1920 g/mol. The molecular formula is C69H58Br4ClF13N6O12S5. The van der Waals surface area contributed by atoms with Crippen molar-refractivity contribution in [3.05, 3.63) is 270 Å². The molecule has 0 bridgehead atoms. The van der Waals surface area contributed by atoms with Gasteiger partial charge in [0.2, 0.25) is 0 Å². The van der Waals surface area contributed by atoms with Gasteiger partial charge in [-0.3, -0.25) is 9.59 Å². The van der Waals surface area contributed by atoms with Crippen molar-refractivity contribution in [2.75, 3.05) is 67.9 Å². The SMILES string of the molecule is O=C(c1ccccc1)N1CCN(c2ccc(S(=O)(=O)C(F)(F)F)c(NCc3ccccc3)c2)CC1.O=C(c1ccccc1)N1CCNCC1.O=S(=O)(Cl)c1ccc(Br)cc1F.O=S(=O)(F)c1ccc(Br)cc1F.O=S(=O)(c1ccc(Br)cc1F)C(F)(F)F.O=S(=O)(c1ccc(Br)cc1NCc1ccccc1)C(F)(F)F. The number of anilines is 3. The third-order valence-electron chi connectivity index (χ3n) is 14.9. The number of nitrogens with zero attached hydrogens (tertiary/aromatic N) is 3. The molecule has 2 fully saturated rings. The number of sulfone groups is 3. The van der Waals surface area contributed by atoms with Crippen LogP contribution < -0.4 is 20.9 Å². The molecule has 18 nitrogen and oxygen atoms in total. The number of amides is 2. The van der Waals surface area contributed by atoms with Gasteiger partial charge in [-0.05, 0) is 126 Å². The maximum absolute atomic E-state index is 13.3. The Morgan fingerprint density at radius 1 is 0.391 bits per heavy atom. The van der Waals surface area contributed by atoms with Gasteiger partial charge in [0, 0.05) is 111 Å². The van der Waals surface area contributed by atoms with E-state index in [2.05, 4.69) is 79.7 Å². The normalized spacial score (nSPS) is 13.5. The van der Waals surface area contributed by atoms with Crippen molar-refractivity contribution >= 4 is 152 Å². The Morgan fingerprint density at radius 3 is 1.05 bits per heavy atom. The zero-order valence-corrected chi connectivity index (χ0v) is 67.0. The van der Waals surface area contributed by atoms with Gasteiger partial charge < -0.3 is 30.7 Å². The summed E-state index contributed by atoms with van der Waals surface area (Å²) >= 11 is 11.8. The number of alkyl halides is 9. The van der Waals surface area contributed by atoms with Crippen LogP contribution in [0.5, 0.6) is 0 Å². The Bertz CT molecular complexity index is 5170. The fourth-order valence-electron chi connectivity index (χ4n) is 9.52. The van der Waals surface area contributed by atoms with Crippen LogP contribution in [0.1, 0.15) is 31.8 Å². The van der Waals surface area contributed by atoms with Crippen LogP contribution >= 0.6 is 74.4 Å². The summed E-state index contributed by atoms with van der Waals surface area (Å²) in [5.41, 5.74) is -12.9. The first kappa shape index (κ1) is 91.2. The lowest BCUT2D eigenvalue weighted by molar-refractivity contribution is -0.0443. The lowest BCUT2D eigenvalue weighted by Gasteiger charge is -2.36. The van der Waals surface area contributed by atoms with Crippen molar-refractivity contribution in [3.8, 4) is 0 Å². The van der Waals surface area contributed by atoms with Gasteiger partial charge in [-0.2, -0.15) is 47.9 Å². The van der Waals surface area contributed by atoms with E-state index in [1.807, 2.05) is 58.3 Å². The third kappa shape index (κ3) is 26.2. The first-order chi connectivity index (χ1) is 51.2. The molecular weight excluding hydrogens is 1870 g/mol. The fraction of sp³-hybridized carbons (Fsp3) is 0.188. The summed E-state index contributed by atoms with van der Waals surface area (Å²) in [4.78, 5) is 25.7. The molecule has 0 aliphatic carbocycles. The number of rotatable bonds is 14. The van der Waals surface area contributed by atoms with Crippen LogP contribution in [0, 0.1) is 17.5 Å². The quantitative estimate of drug-likeness (QED) is 0.0676. The molecule has 9 aromatic carbocycles. The second-order valence-corrected chi connectivity index (χ2v) is 35.7. The largest absolute Gasteiger partial charge is 0.502 e. The molecule has 2 amide bonds. The van der Waals surface area contributed by atoms with Gasteiger partial charge in [-0.1, -0.05) is 161 Å². The number of carbonyl (C=O) groups excluding carboxylic acids is 2. The van der Waals surface area contributed by atoms with E-state index in [0.717, 1.165) is 85.3 Å². The molecule has 41 heteroatoms. The molecule has 0 saturated carbocycles. The number of benzene rings is 9. The summed E-state index contributed by atoms with van der Waals surface area (Å²) in [6, 6.07) is 52.3. The molecule has 9 aromatic rings. The van der Waals surface area contributed by atoms with Crippen LogP contribution in [0.4, 0.5) is 73.6 Å². The molecule has 0 aromatic heterocycles. The standard InChI is InChI=1S/C25H24F3N3O3S.C14H11BrF3NO2S.C11H14N2O.C7H3BrF4O2S.C6H3BrClFO2S.C6H3BrF2O2S/c26-25(27,28)35(33,34)23-12-11-21(17-22(23)29-18-19-7-3-1-4-8-19)30-13-15-31(16-14-30)24(32)20-9-5-2-6-10-20;15-11-6-7-13(22(20,21)14(16,17)18)12(8-11)19-9-10-4-2-1-3-5-10;14-11(10-4-2-1-3-5-10)13-8-6-12-7-9-13;8-4-1-2-6(5(9)3-4)15(13,14)7(10,11)12;7-4-1-2-6(5(9)3-4)12(8,10)11;7-4-1-2-6(5(8)3-4)12(9,10)11/h1-12,17,29H,13-16,18H2;1-8,19H,9H2;1-5,12H,6-9H2;1-3H;2*1-3H. The highest BCUT2D eigenvalue weighted by molar-refractivity contribution is 9.11. The highest BCUT2D eigenvalue weighted by Gasteiger charge is 2.50. The van der Waals surface area contributed by atoms with Crippen LogP contribution in [-0.4, -0.2) is 133 Å². The lowest BCUT2D eigenvalue weighted by atomic mass is 10.1. The van der Waals surface area contributed by atoms with E-state index >= 15 is 0 Å². The summed E-state index contributed by atoms with van der Waals surface area (Å²) in [6.45, 7) is 5.58. The van der Waals surface area contributed by atoms with E-state index in [4.69, 9.17) is 10.7 Å². The van der Waals surface area contributed by atoms with E-state index in [1.165, 1.54) is 36.4 Å². The summed E-state index contributed by atoms with van der Waals surface area (Å²) < 4.78 is 278. The van der Waals surface area contributed by atoms with Gasteiger partial charge in [-0.15, -0.1) is 3.89 Å². The molecule has 2 aliphatic heterocycles. The van der Waals surface area contributed by atoms with Crippen molar-refractivity contribution in [1.29, 1.82) is 0 Å². The summed E-state index contributed by atoms with van der Waals surface area (Å²) in [6.07, 6.45) is 0. The molecule has 2 aliphatic rings. The van der Waals surface area contributed by atoms with Crippen LogP contribution in [0.25, 0.3) is 0 Å². The van der Waals surface area contributed by atoms with Gasteiger partial charge in [-0.25, -0.2) is 46.8 Å². The molecule has 2 heterocycles. The number of carbonyl (C=O) groups is 2. The Hall–Kier alpha value is -7.67. The van der Waals surface area contributed by atoms with Gasteiger partial charge in [0.25, 0.3) is 50.4 Å². The minimum atomic E-state index is -5.62. The highest BCUT2D eigenvalue weighted by Crippen LogP contribution is 2.39. The Balaban J connectivity index is 0.000000218. The lowest BCUT2D eigenvalue weighted by Crippen LogP contribution is -2.48. The fourth-order valence-corrected chi connectivity index (χ4v) is 15.0. The Morgan fingerprint density at radius 2 is 0.700 bits per heavy atom. The van der Waals surface area contributed by atoms with Gasteiger partial charge in [0.1, 0.15) is 32.1 Å². The minimum Gasteiger partial charge on any atom is -0.380 e. The van der Waals surface area contributed by atoms with Crippen molar-refractivity contribution in [2.24, 2.45) is 0 Å².